The van der Waals surface area contributed by atoms with E-state index in [2.05, 4.69) is 5.32 Å². The zero-order valence-corrected chi connectivity index (χ0v) is 16.7. The van der Waals surface area contributed by atoms with E-state index in [0.29, 0.717) is 24.9 Å². The number of aryl methyl sites for hydroxylation is 1. The van der Waals surface area contributed by atoms with Gasteiger partial charge in [-0.05, 0) is 56.0 Å². The van der Waals surface area contributed by atoms with Crippen molar-refractivity contribution in [1.82, 2.24) is 4.31 Å². The molecule has 1 amide bonds. The minimum absolute atomic E-state index is 0.00700. The first-order valence-corrected chi connectivity index (χ1v) is 10.7. The number of sulfonamides is 1. The monoisotopic (exact) mass is 424 g/mol. The van der Waals surface area contributed by atoms with E-state index in [1.807, 2.05) is 0 Å². The molecule has 1 atom stereocenters. The third kappa shape index (κ3) is 4.80. The normalized spacial score (nSPS) is 18.3. The summed E-state index contributed by atoms with van der Waals surface area (Å²) < 4.78 is 53.9. The number of rotatable bonds is 4. The molecule has 0 radical (unpaired) electrons. The second-order valence-corrected chi connectivity index (χ2v) is 8.98. The fourth-order valence-electron chi connectivity index (χ4n) is 3.24. The van der Waals surface area contributed by atoms with E-state index in [0.717, 1.165) is 18.6 Å². The summed E-state index contributed by atoms with van der Waals surface area (Å²) >= 11 is 0. The standard InChI is InChI=1S/C20H22F2N2O4S/c1-13-5-6-14(20(26)23-15-7-8-17(21)18(22)11-15)10-19(13)29(27,28)24-9-3-2-4-16(25)12-24/h5-8,10-11,16,25H,2-4,9,12H2,1H3,(H,23,26). The Labute approximate surface area is 168 Å². The smallest absolute Gasteiger partial charge is 0.255 e. The molecule has 2 N–H and O–H groups in total. The summed E-state index contributed by atoms with van der Waals surface area (Å²) in [6.45, 7) is 1.93. The van der Waals surface area contributed by atoms with E-state index in [9.17, 15) is 27.1 Å². The third-order valence-electron chi connectivity index (χ3n) is 4.85. The second kappa shape index (κ2) is 8.56. The Balaban J connectivity index is 1.88. The Morgan fingerprint density at radius 1 is 1.14 bits per heavy atom. The molecule has 0 aromatic heterocycles. The molecule has 0 bridgehead atoms. The first kappa shape index (κ1) is 21.4. The van der Waals surface area contributed by atoms with Crippen molar-refractivity contribution in [3.8, 4) is 0 Å². The molecule has 2 aromatic rings. The quantitative estimate of drug-likeness (QED) is 0.790. The van der Waals surface area contributed by atoms with Gasteiger partial charge >= 0.3 is 0 Å². The Hall–Kier alpha value is -2.36. The highest BCUT2D eigenvalue weighted by Gasteiger charge is 2.30. The highest BCUT2D eigenvalue weighted by atomic mass is 32.2. The molecule has 3 rings (SSSR count). The van der Waals surface area contributed by atoms with Crippen LogP contribution in [0.3, 0.4) is 0 Å². The molecule has 1 heterocycles. The van der Waals surface area contributed by atoms with E-state index >= 15 is 0 Å². The first-order chi connectivity index (χ1) is 13.7. The van der Waals surface area contributed by atoms with Crippen LogP contribution in [0.4, 0.5) is 14.5 Å². The Kier molecular flexibility index (Phi) is 6.30. The lowest BCUT2D eigenvalue weighted by Crippen LogP contribution is -2.36. The molecule has 1 aliphatic rings. The average molecular weight is 424 g/mol. The van der Waals surface area contributed by atoms with Crippen molar-refractivity contribution in [2.45, 2.75) is 37.2 Å². The lowest BCUT2D eigenvalue weighted by molar-refractivity contribution is 0.102. The van der Waals surface area contributed by atoms with Gasteiger partial charge in [-0.25, -0.2) is 17.2 Å². The minimum atomic E-state index is -3.91. The number of hydrogen-bond acceptors (Lipinski definition) is 4. The van der Waals surface area contributed by atoms with Crippen LogP contribution in [0.1, 0.15) is 35.2 Å². The molecule has 9 heteroatoms. The van der Waals surface area contributed by atoms with Crippen LogP contribution in [-0.2, 0) is 10.0 Å². The fraction of sp³-hybridized carbons (Fsp3) is 0.350. The van der Waals surface area contributed by atoms with Crippen LogP contribution >= 0.6 is 0 Å². The van der Waals surface area contributed by atoms with E-state index in [-0.39, 0.29) is 22.7 Å². The largest absolute Gasteiger partial charge is 0.392 e. The van der Waals surface area contributed by atoms with Gasteiger partial charge in [0.2, 0.25) is 10.0 Å². The molecule has 0 saturated carbocycles. The molecule has 1 saturated heterocycles. The van der Waals surface area contributed by atoms with Crippen LogP contribution < -0.4 is 5.32 Å². The number of β-amino-alcohol motifs (C(OH)–C–C–N with tert-alkyl or cyclic N) is 1. The van der Waals surface area contributed by atoms with Gasteiger partial charge in [0.05, 0.1) is 11.0 Å². The number of aliphatic hydroxyl groups excluding tert-OH is 1. The van der Waals surface area contributed by atoms with Crippen molar-refractivity contribution in [2.24, 2.45) is 0 Å². The van der Waals surface area contributed by atoms with Crippen molar-refractivity contribution in [2.75, 3.05) is 18.4 Å². The topological polar surface area (TPSA) is 86.7 Å². The second-order valence-electron chi connectivity index (χ2n) is 7.08. The summed E-state index contributed by atoms with van der Waals surface area (Å²) in [7, 11) is -3.91. The summed E-state index contributed by atoms with van der Waals surface area (Å²) in [6.07, 6.45) is 1.20. The SMILES string of the molecule is Cc1ccc(C(=O)Nc2ccc(F)c(F)c2)cc1S(=O)(=O)N1CCCCC(O)C1. The van der Waals surface area contributed by atoms with Crippen LogP contribution in [0.25, 0.3) is 0 Å². The molecule has 0 spiro atoms. The maximum atomic E-state index is 13.3. The predicted molar refractivity (Wildman–Crippen MR) is 104 cm³/mol. The zero-order valence-electron chi connectivity index (χ0n) is 15.9. The van der Waals surface area contributed by atoms with Crippen LogP contribution in [0, 0.1) is 18.6 Å². The van der Waals surface area contributed by atoms with Crippen molar-refractivity contribution in [3.05, 3.63) is 59.2 Å². The van der Waals surface area contributed by atoms with E-state index in [4.69, 9.17) is 0 Å². The van der Waals surface area contributed by atoms with Crippen molar-refractivity contribution < 1.29 is 27.1 Å². The number of benzene rings is 2. The highest BCUT2D eigenvalue weighted by Crippen LogP contribution is 2.25. The highest BCUT2D eigenvalue weighted by molar-refractivity contribution is 7.89. The lowest BCUT2D eigenvalue weighted by Gasteiger charge is -2.23. The number of nitrogens with zero attached hydrogens (tertiary/aromatic N) is 1. The van der Waals surface area contributed by atoms with Crippen molar-refractivity contribution in [1.29, 1.82) is 0 Å². The predicted octanol–water partition coefficient (Wildman–Crippen LogP) is 3.06. The number of nitrogens with one attached hydrogen (secondary N) is 1. The first-order valence-electron chi connectivity index (χ1n) is 9.24. The van der Waals surface area contributed by atoms with Gasteiger partial charge in [-0.1, -0.05) is 6.07 Å². The van der Waals surface area contributed by atoms with Gasteiger partial charge in [0.1, 0.15) is 0 Å². The Morgan fingerprint density at radius 2 is 1.90 bits per heavy atom. The summed E-state index contributed by atoms with van der Waals surface area (Å²) in [5.74, 6) is -2.79. The summed E-state index contributed by atoms with van der Waals surface area (Å²) in [5.41, 5.74) is 0.580. The molecule has 29 heavy (non-hydrogen) atoms. The Bertz CT molecular complexity index is 1030. The number of carbonyl (C=O) groups is 1. The van der Waals surface area contributed by atoms with Crippen molar-refractivity contribution in [3.63, 3.8) is 0 Å². The number of halogens is 2. The molecule has 1 unspecified atom stereocenters. The number of aliphatic hydroxyl groups is 1. The van der Waals surface area contributed by atoms with Crippen LogP contribution in [0.15, 0.2) is 41.3 Å². The molecule has 1 aliphatic heterocycles. The molecular formula is C20H22F2N2O4S. The van der Waals surface area contributed by atoms with Gasteiger partial charge in [-0.15, -0.1) is 0 Å². The van der Waals surface area contributed by atoms with E-state index < -0.39 is 33.7 Å². The van der Waals surface area contributed by atoms with Gasteiger partial charge in [-0.3, -0.25) is 4.79 Å². The molecular weight excluding hydrogens is 402 g/mol. The van der Waals surface area contributed by atoms with Crippen LogP contribution in [0.2, 0.25) is 0 Å². The number of anilines is 1. The lowest BCUT2D eigenvalue weighted by atomic mass is 10.1. The zero-order chi connectivity index (χ0) is 21.2. The van der Waals surface area contributed by atoms with E-state index in [1.54, 1.807) is 6.92 Å². The van der Waals surface area contributed by atoms with E-state index in [1.165, 1.54) is 28.6 Å². The molecule has 0 aliphatic carbocycles. The Morgan fingerprint density at radius 3 is 2.62 bits per heavy atom. The fourth-order valence-corrected chi connectivity index (χ4v) is 5.01. The van der Waals surface area contributed by atoms with Gasteiger partial charge < -0.3 is 10.4 Å². The van der Waals surface area contributed by atoms with Crippen molar-refractivity contribution >= 4 is 21.6 Å². The molecule has 156 valence electrons. The summed E-state index contributed by atoms with van der Waals surface area (Å²) in [4.78, 5) is 12.5. The van der Waals surface area contributed by atoms with Gasteiger partial charge in [0.15, 0.2) is 11.6 Å². The number of carbonyl (C=O) groups excluding carboxylic acids is 1. The van der Waals surface area contributed by atoms with Gasteiger partial charge in [-0.2, -0.15) is 4.31 Å². The van der Waals surface area contributed by atoms with Crippen LogP contribution in [0.5, 0.6) is 0 Å². The number of amides is 1. The average Bonchev–Trinajstić information content (AvgIpc) is 2.90. The van der Waals surface area contributed by atoms with Crippen LogP contribution in [-0.4, -0.2) is 42.9 Å². The summed E-state index contributed by atoms with van der Waals surface area (Å²) in [5, 5.41) is 12.4. The maximum absolute atomic E-state index is 13.3. The third-order valence-corrected chi connectivity index (χ3v) is 6.86. The minimum Gasteiger partial charge on any atom is -0.392 e. The molecule has 1 fully saturated rings. The molecule has 2 aromatic carbocycles. The molecule has 6 nitrogen and oxygen atoms in total. The van der Waals surface area contributed by atoms with Gasteiger partial charge in [0.25, 0.3) is 5.91 Å². The summed E-state index contributed by atoms with van der Waals surface area (Å²) in [6, 6.07) is 7.18. The number of hydrogen-bond donors (Lipinski definition) is 2. The van der Waals surface area contributed by atoms with Gasteiger partial charge in [0, 0.05) is 30.4 Å². The maximum Gasteiger partial charge on any atom is 0.255 e.